The summed E-state index contributed by atoms with van der Waals surface area (Å²) in [5.74, 6) is 2.20. The summed E-state index contributed by atoms with van der Waals surface area (Å²) < 4.78 is 2.52. The molecule has 0 saturated carbocycles. The van der Waals surface area contributed by atoms with Gasteiger partial charge in [-0.15, -0.1) is 0 Å². The van der Waals surface area contributed by atoms with Gasteiger partial charge in [0.2, 0.25) is 5.95 Å². The minimum Gasteiger partial charge on any atom is -0.340 e. The van der Waals surface area contributed by atoms with Crippen LogP contribution in [0.3, 0.4) is 0 Å². The van der Waals surface area contributed by atoms with E-state index in [2.05, 4.69) is 39.6 Å². The van der Waals surface area contributed by atoms with Crippen LogP contribution in [0, 0.1) is 6.92 Å². The van der Waals surface area contributed by atoms with Gasteiger partial charge in [-0.25, -0.2) is 9.97 Å². The minimum atomic E-state index is 0.521. The van der Waals surface area contributed by atoms with E-state index in [0.29, 0.717) is 6.04 Å². The summed E-state index contributed by atoms with van der Waals surface area (Å²) in [6.45, 7) is 4.24. The first kappa shape index (κ1) is 14.1. The number of aromatic amines is 1. The van der Waals surface area contributed by atoms with Crippen LogP contribution in [0.2, 0.25) is 0 Å². The molecule has 0 spiro atoms. The lowest BCUT2D eigenvalue weighted by Gasteiger charge is -2.21. The van der Waals surface area contributed by atoms with Crippen molar-refractivity contribution in [2.24, 2.45) is 0 Å². The second-order valence-corrected chi connectivity index (χ2v) is 7.10. The molecule has 1 aliphatic carbocycles. The second kappa shape index (κ2) is 5.36. The molecule has 3 aromatic rings. The molecule has 1 atom stereocenters. The summed E-state index contributed by atoms with van der Waals surface area (Å²) in [6, 6.07) is 8.78. The van der Waals surface area contributed by atoms with Crippen LogP contribution < -0.4 is 4.90 Å². The zero-order valence-corrected chi connectivity index (χ0v) is 14.1. The number of aryl methyl sites for hydroxylation is 2. The smallest absolute Gasteiger partial charge is 0.203 e. The number of anilines is 1. The first-order chi connectivity index (χ1) is 11.8. The quantitative estimate of drug-likeness (QED) is 0.787. The number of imidazole rings is 2. The van der Waals surface area contributed by atoms with Gasteiger partial charge in [-0.1, -0.05) is 12.1 Å². The van der Waals surface area contributed by atoms with Crippen LogP contribution in [-0.4, -0.2) is 32.6 Å². The molecule has 5 nitrogen and oxygen atoms in total. The molecular formula is C19H23N5. The third kappa shape index (κ3) is 2.14. The molecule has 5 heteroatoms. The maximum Gasteiger partial charge on any atom is 0.203 e. The number of H-pyrrole nitrogens is 1. The van der Waals surface area contributed by atoms with E-state index in [4.69, 9.17) is 9.97 Å². The first-order valence-corrected chi connectivity index (χ1v) is 9.06. The van der Waals surface area contributed by atoms with Crippen LogP contribution >= 0.6 is 0 Å². The zero-order chi connectivity index (χ0) is 16.1. The molecule has 1 aromatic carbocycles. The number of para-hydroxylation sites is 2. The minimum absolute atomic E-state index is 0.521. The van der Waals surface area contributed by atoms with E-state index in [1.165, 1.54) is 42.9 Å². The zero-order valence-electron chi connectivity index (χ0n) is 14.1. The van der Waals surface area contributed by atoms with E-state index < -0.39 is 0 Å². The van der Waals surface area contributed by atoms with Crippen molar-refractivity contribution in [3.05, 3.63) is 41.5 Å². The maximum atomic E-state index is 4.85. The summed E-state index contributed by atoms with van der Waals surface area (Å²) in [4.78, 5) is 15.5. The molecule has 24 heavy (non-hydrogen) atoms. The van der Waals surface area contributed by atoms with Gasteiger partial charge >= 0.3 is 0 Å². The highest BCUT2D eigenvalue weighted by molar-refractivity contribution is 5.77. The highest BCUT2D eigenvalue weighted by Crippen LogP contribution is 2.32. The van der Waals surface area contributed by atoms with Crippen molar-refractivity contribution in [1.29, 1.82) is 0 Å². The van der Waals surface area contributed by atoms with E-state index in [9.17, 15) is 0 Å². The monoisotopic (exact) mass is 321 g/mol. The van der Waals surface area contributed by atoms with Crippen LogP contribution in [-0.2, 0) is 12.8 Å². The molecule has 2 aromatic heterocycles. The third-order valence-corrected chi connectivity index (χ3v) is 5.55. The van der Waals surface area contributed by atoms with Gasteiger partial charge in [0.15, 0.2) is 0 Å². The normalized spacial score (nSPS) is 20.7. The van der Waals surface area contributed by atoms with E-state index in [0.717, 1.165) is 36.5 Å². The fourth-order valence-electron chi connectivity index (χ4n) is 4.42. The van der Waals surface area contributed by atoms with Gasteiger partial charge in [-0.3, -0.25) is 0 Å². The van der Waals surface area contributed by atoms with E-state index >= 15 is 0 Å². The van der Waals surface area contributed by atoms with Gasteiger partial charge in [0.05, 0.1) is 22.8 Å². The van der Waals surface area contributed by atoms with E-state index in [-0.39, 0.29) is 0 Å². The van der Waals surface area contributed by atoms with Crippen molar-refractivity contribution in [2.45, 2.75) is 45.1 Å². The largest absolute Gasteiger partial charge is 0.340 e. The molecule has 3 heterocycles. The average molecular weight is 321 g/mol. The molecule has 124 valence electrons. The Bertz CT molecular complexity index is 857. The lowest BCUT2D eigenvalue weighted by atomic mass is 10.0. The molecule has 1 fully saturated rings. The SMILES string of the molecule is Cc1nc2c(n1C1CCN(c3nc4ccccc4[nH]3)C1)CCCC2. The van der Waals surface area contributed by atoms with Gasteiger partial charge in [-0.2, -0.15) is 0 Å². The van der Waals surface area contributed by atoms with Gasteiger partial charge in [0.1, 0.15) is 5.82 Å². The number of hydrogen-bond acceptors (Lipinski definition) is 3. The van der Waals surface area contributed by atoms with Crippen LogP contribution in [0.15, 0.2) is 24.3 Å². The summed E-state index contributed by atoms with van der Waals surface area (Å²) in [5, 5.41) is 0. The van der Waals surface area contributed by atoms with Crippen LogP contribution in [0.5, 0.6) is 0 Å². The Balaban J connectivity index is 1.44. The van der Waals surface area contributed by atoms with Gasteiger partial charge in [0, 0.05) is 18.8 Å². The number of rotatable bonds is 2. The Labute approximate surface area is 141 Å². The van der Waals surface area contributed by atoms with Crippen molar-refractivity contribution >= 4 is 17.0 Å². The number of benzene rings is 1. The van der Waals surface area contributed by atoms with Crippen molar-refractivity contribution in [3.8, 4) is 0 Å². The Morgan fingerprint density at radius 2 is 2.00 bits per heavy atom. The van der Waals surface area contributed by atoms with E-state index in [1.807, 2.05) is 6.07 Å². The Kier molecular flexibility index (Phi) is 3.15. The summed E-state index contributed by atoms with van der Waals surface area (Å²) in [7, 11) is 0. The third-order valence-electron chi connectivity index (χ3n) is 5.55. The lowest BCUT2D eigenvalue weighted by Crippen LogP contribution is -2.23. The summed E-state index contributed by atoms with van der Waals surface area (Å²) >= 11 is 0. The summed E-state index contributed by atoms with van der Waals surface area (Å²) in [6.07, 6.45) is 6.11. The highest BCUT2D eigenvalue weighted by atomic mass is 15.3. The molecule has 0 amide bonds. The van der Waals surface area contributed by atoms with Crippen molar-refractivity contribution in [3.63, 3.8) is 0 Å². The predicted molar refractivity (Wildman–Crippen MR) is 95.6 cm³/mol. The van der Waals surface area contributed by atoms with Gasteiger partial charge < -0.3 is 14.5 Å². The lowest BCUT2D eigenvalue weighted by molar-refractivity contribution is 0.504. The van der Waals surface area contributed by atoms with Crippen LogP contribution in [0.25, 0.3) is 11.0 Å². The molecule has 1 unspecified atom stereocenters. The van der Waals surface area contributed by atoms with Crippen molar-refractivity contribution < 1.29 is 0 Å². The average Bonchev–Trinajstić information content (AvgIpc) is 3.29. The molecule has 0 bridgehead atoms. The Morgan fingerprint density at radius 1 is 1.12 bits per heavy atom. The van der Waals surface area contributed by atoms with Crippen LogP contribution in [0.4, 0.5) is 5.95 Å². The number of nitrogens with zero attached hydrogens (tertiary/aromatic N) is 4. The maximum absolute atomic E-state index is 4.85. The molecule has 2 aliphatic rings. The number of hydrogen-bond donors (Lipinski definition) is 1. The van der Waals surface area contributed by atoms with Gasteiger partial charge in [-0.05, 0) is 51.2 Å². The molecule has 1 aliphatic heterocycles. The summed E-state index contributed by atoms with van der Waals surface area (Å²) in [5.41, 5.74) is 5.01. The molecule has 1 saturated heterocycles. The van der Waals surface area contributed by atoms with Crippen LogP contribution in [0.1, 0.15) is 42.5 Å². The van der Waals surface area contributed by atoms with Crippen molar-refractivity contribution in [2.75, 3.05) is 18.0 Å². The van der Waals surface area contributed by atoms with Gasteiger partial charge in [0.25, 0.3) is 0 Å². The second-order valence-electron chi connectivity index (χ2n) is 7.10. The first-order valence-electron chi connectivity index (χ1n) is 9.06. The fourth-order valence-corrected chi connectivity index (χ4v) is 4.42. The number of fused-ring (bicyclic) bond motifs is 2. The predicted octanol–water partition coefficient (Wildman–Crippen LogP) is 3.40. The fraction of sp³-hybridized carbons (Fsp3) is 0.474. The topological polar surface area (TPSA) is 49.7 Å². The molecule has 5 rings (SSSR count). The standard InChI is InChI=1S/C19H23N5/c1-13-20-17-8-4-5-9-18(17)24(13)14-10-11-23(12-14)19-21-15-6-2-3-7-16(15)22-19/h2-3,6-7,14H,4-5,8-12H2,1H3,(H,21,22). The number of aromatic nitrogens is 4. The van der Waals surface area contributed by atoms with E-state index in [1.54, 1.807) is 0 Å². The number of nitrogens with one attached hydrogen (secondary N) is 1. The highest BCUT2D eigenvalue weighted by Gasteiger charge is 2.30. The Morgan fingerprint density at radius 3 is 2.92 bits per heavy atom. The molecule has 1 N–H and O–H groups in total. The molecule has 0 radical (unpaired) electrons. The van der Waals surface area contributed by atoms with Crippen molar-refractivity contribution in [1.82, 2.24) is 19.5 Å². The molecular weight excluding hydrogens is 298 g/mol. The Hall–Kier alpha value is -2.30.